The molecule has 0 aliphatic rings. The molecule has 0 aliphatic heterocycles. The van der Waals surface area contributed by atoms with Crippen molar-refractivity contribution in [2.45, 2.75) is 4.90 Å². The van der Waals surface area contributed by atoms with Crippen LogP contribution < -0.4 is 0 Å². The van der Waals surface area contributed by atoms with Gasteiger partial charge in [0.15, 0.2) is 46.5 Å². The topological polar surface area (TPSA) is 9.86 Å². The standard InChI is InChI=1S/C51H30F10N2S/c1-64(2,3)31-17-15-25(16-18-31)26-9-8-10-29(22-26)62-36-13-6-4-11-32(36)34-19-20-35-33-12-5-7-14-37(33)63(51(35)50(34)62)30-23-27(38-40(52)44(56)48(60)45(57)41(38)53)21-28(24-30)39-42(54)46(58)49(61)47(59)43(39)55/h4-24H,1-3H3. The van der Waals surface area contributed by atoms with Crippen LogP contribution in [0.1, 0.15) is 0 Å². The summed E-state index contributed by atoms with van der Waals surface area (Å²) >= 11 is 0. The Morgan fingerprint density at radius 2 is 0.734 bits per heavy atom. The Kier molecular flexibility index (Phi) is 9.49. The van der Waals surface area contributed by atoms with E-state index in [2.05, 4.69) is 43.0 Å². The summed E-state index contributed by atoms with van der Waals surface area (Å²) in [6.07, 6.45) is 6.62. The van der Waals surface area contributed by atoms with Crippen LogP contribution in [-0.4, -0.2) is 27.9 Å². The fourth-order valence-electron chi connectivity index (χ4n) is 8.66. The van der Waals surface area contributed by atoms with Crippen LogP contribution in [0.25, 0.3) is 88.4 Å². The van der Waals surface area contributed by atoms with Crippen LogP contribution >= 0.6 is 10.0 Å². The van der Waals surface area contributed by atoms with E-state index in [1.807, 2.05) is 65.2 Å². The van der Waals surface area contributed by atoms with Gasteiger partial charge in [-0.1, -0.05) is 72.8 Å². The second-order valence-electron chi connectivity index (χ2n) is 16.1. The lowest BCUT2D eigenvalue weighted by Crippen LogP contribution is -2.07. The van der Waals surface area contributed by atoms with Gasteiger partial charge in [0.25, 0.3) is 0 Å². The first kappa shape index (κ1) is 41.0. The molecule has 0 bridgehead atoms. The van der Waals surface area contributed by atoms with E-state index in [4.69, 9.17) is 0 Å². The first-order valence-corrected chi connectivity index (χ1v) is 22.5. The lowest BCUT2D eigenvalue weighted by atomic mass is 9.95. The van der Waals surface area contributed by atoms with Gasteiger partial charge in [0.1, 0.15) is 0 Å². The van der Waals surface area contributed by atoms with E-state index in [1.54, 1.807) is 28.8 Å². The van der Waals surface area contributed by atoms with Crippen molar-refractivity contribution >= 4 is 53.6 Å². The van der Waals surface area contributed by atoms with E-state index in [9.17, 15) is 26.3 Å². The largest absolute Gasteiger partial charge is 0.307 e. The lowest BCUT2D eigenvalue weighted by Gasteiger charge is -2.25. The molecule has 0 unspecified atom stereocenters. The van der Waals surface area contributed by atoms with Gasteiger partial charge in [-0.2, -0.15) is 0 Å². The predicted octanol–water partition coefficient (Wildman–Crippen LogP) is 15.3. The first-order chi connectivity index (χ1) is 30.6. The van der Waals surface area contributed by atoms with Crippen LogP contribution in [0.4, 0.5) is 43.9 Å². The van der Waals surface area contributed by atoms with E-state index in [0.29, 0.717) is 33.4 Å². The van der Waals surface area contributed by atoms with Gasteiger partial charge in [-0.05, 0) is 101 Å². The number of aromatic nitrogens is 2. The molecule has 0 atom stereocenters. The first-order valence-electron chi connectivity index (χ1n) is 19.6. The third-order valence-corrected chi connectivity index (χ3v) is 13.3. The van der Waals surface area contributed by atoms with Crippen molar-refractivity contribution < 1.29 is 43.9 Å². The van der Waals surface area contributed by atoms with Gasteiger partial charge < -0.3 is 9.13 Å². The van der Waals surface area contributed by atoms with Gasteiger partial charge >= 0.3 is 0 Å². The number of benzene rings is 8. The number of rotatable bonds is 6. The van der Waals surface area contributed by atoms with E-state index in [1.165, 1.54) is 4.90 Å². The van der Waals surface area contributed by atoms with Crippen LogP contribution in [0.3, 0.4) is 0 Å². The zero-order chi connectivity index (χ0) is 45.1. The maximum absolute atomic E-state index is 15.7. The van der Waals surface area contributed by atoms with Crippen molar-refractivity contribution in [1.82, 2.24) is 9.13 Å². The van der Waals surface area contributed by atoms with Crippen LogP contribution in [0.5, 0.6) is 0 Å². The molecule has 0 amide bonds. The molecule has 8 aromatic carbocycles. The summed E-state index contributed by atoms with van der Waals surface area (Å²) in [5.41, 5.74) is -0.0130. The van der Waals surface area contributed by atoms with Gasteiger partial charge in [-0.15, -0.1) is 0 Å². The number of nitrogens with zero attached hydrogens (tertiary/aromatic N) is 2. The summed E-state index contributed by atoms with van der Waals surface area (Å²) in [6.45, 7) is 0. The lowest BCUT2D eigenvalue weighted by molar-refractivity contribution is 0.381. The fourth-order valence-corrected chi connectivity index (χ4v) is 9.62. The molecule has 10 rings (SSSR count). The Labute approximate surface area is 359 Å². The number of halogens is 10. The Hall–Kier alpha value is -6.99. The van der Waals surface area contributed by atoms with Crippen molar-refractivity contribution in [3.05, 3.63) is 186 Å². The average molecular weight is 893 g/mol. The molecule has 2 nitrogen and oxygen atoms in total. The van der Waals surface area contributed by atoms with Crippen molar-refractivity contribution in [1.29, 1.82) is 0 Å². The molecular weight excluding hydrogens is 863 g/mol. The van der Waals surface area contributed by atoms with Gasteiger partial charge in [-0.25, -0.2) is 53.9 Å². The highest BCUT2D eigenvalue weighted by molar-refractivity contribution is 8.32. The number of para-hydroxylation sites is 2. The molecule has 10 aromatic rings. The van der Waals surface area contributed by atoms with Gasteiger partial charge in [-0.3, -0.25) is 0 Å². The third-order valence-electron chi connectivity index (χ3n) is 11.6. The normalized spacial score (nSPS) is 12.4. The molecular formula is C51H30F10N2S. The quantitative estimate of drug-likeness (QED) is 0.0894. The van der Waals surface area contributed by atoms with Crippen molar-refractivity contribution in [3.63, 3.8) is 0 Å². The molecule has 2 aromatic heterocycles. The Bertz CT molecular complexity index is 3460. The molecule has 0 radical (unpaired) electrons. The highest BCUT2D eigenvalue weighted by Gasteiger charge is 2.31. The molecule has 64 heavy (non-hydrogen) atoms. The molecule has 0 spiro atoms. The third kappa shape index (κ3) is 6.11. The molecule has 0 saturated carbocycles. The summed E-state index contributed by atoms with van der Waals surface area (Å²) in [7, 11) is -0.988. The Balaban J connectivity index is 1.34. The highest BCUT2D eigenvalue weighted by Crippen LogP contribution is 2.47. The van der Waals surface area contributed by atoms with Crippen molar-refractivity contribution in [3.8, 4) is 44.8 Å². The Morgan fingerprint density at radius 3 is 1.19 bits per heavy atom. The van der Waals surface area contributed by atoms with Crippen LogP contribution in [-0.2, 0) is 0 Å². The minimum Gasteiger partial charge on any atom is -0.307 e. The minimum absolute atomic E-state index is 0.175. The zero-order valence-electron chi connectivity index (χ0n) is 33.7. The SMILES string of the molecule is CS(C)(C)c1ccc(-c2cccc(-n3c4ccccc4c4ccc5c6ccccc6n(-c6cc(-c7c(F)c(F)c(F)c(F)c7F)cc(-c7c(F)c(F)c(F)c(F)c7F)c6)c5c43)c2)cc1. The van der Waals surface area contributed by atoms with E-state index in [-0.39, 0.29) is 5.69 Å². The van der Waals surface area contributed by atoms with E-state index in [0.717, 1.165) is 45.2 Å². The number of hydrogen-bond acceptors (Lipinski definition) is 0. The molecule has 0 N–H and O–H groups in total. The smallest absolute Gasteiger partial charge is 0.200 e. The zero-order valence-corrected chi connectivity index (χ0v) is 34.5. The second kappa shape index (κ2) is 14.8. The van der Waals surface area contributed by atoms with Gasteiger partial charge in [0.2, 0.25) is 11.6 Å². The predicted molar refractivity (Wildman–Crippen MR) is 235 cm³/mol. The highest BCUT2D eigenvalue weighted by atomic mass is 32.3. The van der Waals surface area contributed by atoms with Gasteiger partial charge in [0.05, 0.1) is 33.2 Å². The summed E-state index contributed by atoms with van der Waals surface area (Å²) < 4.78 is 154. The number of hydrogen-bond donors (Lipinski definition) is 0. The van der Waals surface area contributed by atoms with Crippen molar-refractivity contribution in [2.75, 3.05) is 18.8 Å². The maximum Gasteiger partial charge on any atom is 0.200 e. The van der Waals surface area contributed by atoms with E-state index < -0.39 is 90.5 Å². The molecule has 0 aliphatic carbocycles. The summed E-state index contributed by atoms with van der Waals surface area (Å²) in [5, 5.41) is 2.77. The average Bonchev–Trinajstić information content (AvgIpc) is 3.82. The van der Waals surface area contributed by atoms with Crippen LogP contribution in [0.15, 0.2) is 132 Å². The van der Waals surface area contributed by atoms with Crippen LogP contribution in [0, 0.1) is 58.2 Å². The molecule has 0 saturated heterocycles. The molecule has 13 heteroatoms. The Morgan fingerprint density at radius 1 is 0.328 bits per heavy atom. The minimum atomic E-state index is -2.46. The van der Waals surface area contributed by atoms with E-state index >= 15 is 17.6 Å². The monoisotopic (exact) mass is 892 g/mol. The second-order valence-corrected chi connectivity index (χ2v) is 20.3. The molecule has 2 heterocycles. The van der Waals surface area contributed by atoms with Gasteiger partial charge in [0, 0.05) is 32.9 Å². The van der Waals surface area contributed by atoms with Crippen LogP contribution in [0.2, 0.25) is 0 Å². The fraction of sp³-hybridized carbons (Fsp3) is 0.0588. The van der Waals surface area contributed by atoms with Crippen molar-refractivity contribution in [2.24, 2.45) is 0 Å². The molecule has 0 fully saturated rings. The summed E-state index contributed by atoms with van der Waals surface area (Å²) in [5.74, 6) is -23.3. The summed E-state index contributed by atoms with van der Waals surface area (Å²) in [4.78, 5) is 1.23. The molecule has 320 valence electrons. The maximum atomic E-state index is 15.7. The summed E-state index contributed by atoms with van der Waals surface area (Å²) in [6, 6.07) is 37.1. The number of fused-ring (bicyclic) bond motifs is 7.